The van der Waals surface area contributed by atoms with E-state index >= 15 is 0 Å². The number of aromatic nitrogens is 5. The first kappa shape index (κ1) is 12.9. The van der Waals surface area contributed by atoms with E-state index in [2.05, 4.69) is 25.4 Å². The Morgan fingerprint density at radius 1 is 1.42 bits per heavy atom. The Morgan fingerprint density at radius 2 is 2.16 bits per heavy atom. The van der Waals surface area contributed by atoms with Crippen LogP contribution in [0.2, 0.25) is 0 Å². The topological polar surface area (TPSA) is 151 Å². The van der Waals surface area contributed by atoms with Crippen molar-refractivity contribution in [3.8, 4) is 0 Å². The minimum atomic E-state index is -4.17. The van der Waals surface area contributed by atoms with Gasteiger partial charge in [-0.3, -0.25) is 5.10 Å². The molecule has 0 spiro atoms. The van der Waals surface area contributed by atoms with Crippen molar-refractivity contribution in [3.63, 3.8) is 0 Å². The van der Waals surface area contributed by atoms with Crippen LogP contribution >= 0.6 is 0 Å². The van der Waals surface area contributed by atoms with Crippen molar-refractivity contribution in [2.45, 2.75) is 11.8 Å². The summed E-state index contributed by atoms with van der Waals surface area (Å²) in [6.45, 7) is 1.39. The maximum atomic E-state index is 12.1. The van der Waals surface area contributed by atoms with Gasteiger partial charge in [0.15, 0.2) is 5.69 Å². The third kappa shape index (κ3) is 2.49. The lowest BCUT2D eigenvalue weighted by atomic mass is 10.4. The minimum absolute atomic E-state index is 0.0915. The molecule has 3 N–H and O–H groups in total. The summed E-state index contributed by atoms with van der Waals surface area (Å²) >= 11 is 0. The number of H-pyrrole nitrogens is 1. The highest BCUT2D eigenvalue weighted by Crippen LogP contribution is 2.19. The summed E-state index contributed by atoms with van der Waals surface area (Å²) < 4.78 is 26.2. The van der Waals surface area contributed by atoms with Gasteiger partial charge in [-0.05, 0) is 6.92 Å². The van der Waals surface area contributed by atoms with Crippen LogP contribution < -0.4 is 4.72 Å². The van der Waals surface area contributed by atoms with Gasteiger partial charge in [0.25, 0.3) is 16.0 Å². The Morgan fingerprint density at radius 3 is 2.74 bits per heavy atom. The molecule has 0 saturated heterocycles. The van der Waals surface area contributed by atoms with E-state index in [4.69, 9.17) is 5.11 Å². The molecule has 0 aliphatic heterocycles. The second kappa shape index (κ2) is 4.61. The van der Waals surface area contributed by atoms with Crippen molar-refractivity contribution in [2.24, 2.45) is 0 Å². The fourth-order valence-corrected chi connectivity index (χ4v) is 2.63. The number of hydrogen-bond acceptors (Lipinski definition) is 7. The average molecular weight is 284 g/mol. The van der Waals surface area contributed by atoms with Crippen LogP contribution in [0, 0.1) is 6.92 Å². The molecule has 0 unspecified atom stereocenters. The number of hydrogen-bond donors (Lipinski definition) is 3. The summed E-state index contributed by atoms with van der Waals surface area (Å²) in [7, 11) is -4.17. The highest BCUT2D eigenvalue weighted by Gasteiger charge is 2.28. The molecular weight excluding hydrogens is 276 g/mol. The van der Waals surface area contributed by atoms with E-state index < -0.39 is 26.6 Å². The molecule has 0 saturated carbocycles. The van der Waals surface area contributed by atoms with Crippen LogP contribution in [-0.4, -0.2) is 44.9 Å². The molecule has 0 aromatic carbocycles. The number of anilines is 1. The zero-order valence-corrected chi connectivity index (χ0v) is 10.3. The lowest BCUT2D eigenvalue weighted by Gasteiger charge is -2.05. The van der Waals surface area contributed by atoms with Gasteiger partial charge in [-0.2, -0.15) is 10.2 Å². The number of rotatable bonds is 4. The van der Waals surface area contributed by atoms with Crippen molar-refractivity contribution >= 4 is 21.9 Å². The Hall–Kier alpha value is -2.56. The van der Waals surface area contributed by atoms with Gasteiger partial charge in [-0.15, -0.1) is 5.10 Å². The fourth-order valence-electron chi connectivity index (χ4n) is 1.36. The molecule has 0 aliphatic carbocycles. The van der Waals surface area contributed by atoms with E-state index in [-0.39, 0.29) is 11.6 Å². The number of aromatic amines is 1. The second-order valence-corrected chi connectivity index (χ2v) is 5.02. The smallest absolute Gasteiger partial charge is 0.357 e. The van der Waals surface area contributed by atoms with Crippen molar-refractivity contribution < 1.29 is 18.3 Å². The van der Waals surface area contributed by atoms with Crippen LogP contribution in [0.5, 0.6) is 0 Å². The number of aromatic carboxylic acids is 1. The Labute approximate surface area is 107 Å². The molecule has 100 valence electrons. The van der Waals surface area contributed by atoms with E-state index in [0.29, 0.717) is 0 Å². The summed E-state index contributed by atoms with van der Waals surface area (Å²) in [4.78, 5) is 14.1. The van der Waals surface area contributed by atoms with Gasteiger partial charge in [0, 0.05) is 0 Å². The number of carboxylic acids is 1. The van der Waals surface area contributed by atoms with Crippen LogP contribution in [0.4, 0.5) is 5.95 Å². The number of sulfonamides is 1. The summed E-state index contributed by atoms with van der Waals surface area (Å²) in [5.41, 5.74) is -0.511. The van der Waals surface area contributed by atoms with E-state index in [9.17, 15) is 13.2 Å². The molecule has 2 aromatic heterocycles. The normalized spacial score (nSPS) is 11.2. The standard InChI is InChI=1S/C8H8N6O4S/c1-4-6(5(7(15)16)12-11-4)19(17,18)14-8-9-2-3-10-13-8/h2-3H,1H3,(H,11,12)(H,15,16)(H,9,13,14). The molecule has 0 fully saturated rings. The van der Waals surface area contributed by atoms with Crippen molar-refractivity contribution in [1.82, 2.24) is 25.4 Å². The Kier molecular flexibility index (Phi) is 3.12. The highest BCUT2D eigenvalue weighted by molar-refractivity contribution is 7.92. The first-order valence-electron chi connectivity index (χ1n) is 4.86. The number of carboxylic acid groups (broad SMARTS) is 1. The molecule has 2 rings (SSSR count). The van der Waals surface area contributed by atoms with Crippen LogP contribution in [0.15, 0.2) is 17.3 Å². The third-order valence-corrected chi connectivity index (χ3v) is 3.56. The van der Waals surface area contributed by atoms with Gasteiger partial charge in [-0.1, -0.05) is 0 Å². The van der Waals surface area contributed by atoms with Gasteiger partial charge >= 0.3 is 5.97 Å². The van der Waals surface area contributed by atoms with Crippen LogP contribution in [-0.2, 0) is 10.0 Å². The molecule has 2 aromatic rings. The van der Waals surface area contributed by atoms with Crippen LogP contribution in [0.1, 0.15) is 16.2 Å². The molecule has 0 amide bonds. The number of nitrogens with zero attached hydrogens (tertiary/aromatic N) is 4. The highest BCUT2D eigenvalue weighted by atomic mass is 32.2. The fraction of sp³-hybridized carbons (Fsp3) is 0.125. The average Bonchev–Trinajstić information content (AvgIpc) is 2.73. The summed E-state index contributed by atoms with van der Waals surface area (Å²) in [6, 6.07) is 0. The summed E-state index contributed by atoms with van der Waals surface area (Å²) in [6.07, 6.45) is 2.51. The van der Waals surface area contributed by atoms with Gasteiger partial charge in [0.2, 0.25) is 0 Å². The lowest BCUT2D eigenvalue weighted by molar-refractivity contribution is 0.0686. The lowest BCUT2D eigenvalue weighted by Crippen LogP contribution is -2.18. The molecule has 0 aliphatic rings. The Balaban J connectivity index is 2.46. The van der Waals surface area contributed by atoms with Gasteiger partial charge in [0.1, 0.15) is 4.90 Å². The molecule has 11 heteroatoms. The predicted octanol–water partition coefficient (Wildman–Crippen LogP) is -0.598. The molecule has 2 heterocycles. The Bertz CT molecular complexity index is 710. The van der Waals surface area contributed by atoms with Crippen molar-refractivity contribution in [1.29, 1.82) is 0 Å². The first-order chi connectivity index (χ1) is 8.92. The monoisotopic (exact) mass is 284 g/mol. The van der Waals surface area contributed by atoms with Gasteiger partial charge < -0.3 is 5.11 Å². The number of nitrogens with one attached hydrogen (secondary N) is 2. The molecule has 0 bridgehead atoms. The molecule has 10 nitrogen and oxygen atoms in total. The van der Waals surface area contributed by atoms with Gasteiger partial charge in [-0.25, -0.2) is 22.9 Å². The van der Waals surface area contributed by atoms with Gasteiger partial charge in [0.05, 0.1) is 18.1 Å². The largest absolute Gasteiger partial charge is 0.476 e. The van der Waals surface area contributed by atoms with E-state index in [1.54, 1.807) is 0 Å². The minimum Gasteiger partial charge on any atom is -0.476 e. The second-order valence-electron chi connectivity index (χ2n) is 3.40. The van der Waals surface area contributed by atoms with Crippen molar-refractivity contribution in [2.75, 3.05) is 4.72 Å². The van der Waals surface area contributed by atoms with Crippen molar-refractivity contribution in [3.05, 3.63) is 23.8 Å². The van der Waals surface area contributed by atoms with Crippen LogP contribution in [0.25, 0.3) is 0 Å². The maximum absolute atomic E-state index is 12.1. The van der Waals surface area contributed by atoms with E-state index in [0.717, 1.165) is 0 Å². The number of aryl methyl sites for hydroxylation is 1. The number of carbonyl (C=O) groups is 1. The summed E-state index contributed by atoms with van der Waals surface area (Å²) in [5.74, 6) is -1.73. The maximum Gasteiger partial charge on any atom is 0.357 e. The van der Waals surface area contributed by atoms with Crippen LogP contribution in [0.3, 0.4) is 0 Å². The molecule has 0 radical (unpaired) electrons. The quantitative estimate of drug-likeness (QED) is 0.673. The SMILES string of the molecule is Cc1[nH]nc(C(=O)O)c1S(=O)(=O)Nc1nccnn1. The van der Waals surface area contributed by atoms with E-state index in [1.807, 2.05) is 4.72 Å². The zero-order chi connectivity index (χ0) is 14.0. The molecule has 19 heavy (non-hydrogen) atoms. The zero-order valence-electron chi connectivity index (χ0n) is 9.52. The molecular formula is C8H8N6O4S. The molecule has 0 atom stereocenters. The summed E-state index contributed by atoms with van der Waals surface area (Å²) in [5, 5.41) is 21.5. The van der Waals surface area contributed by atoms with E-state index in [1.165, 1.54) is 19.3 Å². The predicted molar refractivity (Wildman–Crippen MR) is 60.9 cm³/mol. The first-order valence-corrected chi connectivity index (χ1v) is 6.35. The third-order valence-electron chi connectivity index (χ3n) is 2.07.